The molecule has 0 radical (unpaired) electrons. The minimum Gasteiger partial charge on any atom is -0.388 e. The first kappa shape index (κ1) is 13.1. The van der Waals surface area contributed by atoms with E-state index in [1.54, 1.807) is 0 Å². The second kappa shape index (κ2) is 5.23. The molecule has 0 aliphatic carbocycles. The highest BCUT2D eigenvalue weighted by molar-refractivity contribution is 5.90. The maximum atomic E-state index is 12.3. The minimum absolute atomic E-state index is 0.0584. The number of rotatable bonds is 2. The van der Waals surface area contributed by atoms with Gasteiger partial charge < -0.3 is 15.1 Å². The lowest BCUT2D eigenvalue weighted by Gasteiger charge is -2.16. The number of hydrogen-bond acceptors (Lipinski definition) is 3. The van der Waals surface area contributed by atoms with Crippen molar-refractivity contribution >= 4 is 16.7 Å². The molecular formula is C16H17NO3. The maximum Gasteiger partial charge on any atom is 0.227 e. The van der Waals surface area contributed by atoms with Crippen molar-refractivity contribution in [3.63, 3.8) is 0 Å². The molecule has 0 spiro atoms. The summed E-state index contributed by atoms with van der Waals surface area (Å²) in [6, 6.07) is 13.9. The third-order valence-corrected chi connectivity index (χ3v) is 3.83. The van der Waals surface area contributed by atoms with Crippen LogP contribution in [-0.2, 0) is 11.2 Å². The quantitative estimate of drug-likeness (QED) is 0.855. The molecule has 20 heavy (non-hydrogen) atoms. The Labute approximate surface area is 117 Å². The highest BCUT2D eigenvalue weighted by Gasteiger charge is 2.32. The van der Waals surface area contributed by atoms with Gasteiger partial charge in [-0.2, -0.15) is 0 Å². The topological polar surface area (TPSA) is 60.8 Å². The fraction of sp³-hybridized carbons (Fsp3) is 0.312. The first-order valence-corrected chi connectivity index (χ1v) is 6.75. The number of hydrogen-bond donors (Lipinski definition) is 2. The van der Waals surface area contributed by atoms with Crippen LogP contribution in [0.15, 0.2) is 42.5 Å². The van der Waals surface area contributed by atoms with Crippen LogP contribution < -0.4 is 0 Å². The summed E-state index contributed by atoms with van der Waals surface area (Å²) in [7, 11) is 0. The fourth-order valence-electron chi connectivity index (χ4n) is 2.69. The molecule has 1 saturated heterocycles. The van der Waals surface area contributed by atoms with Crippen molar-refractivity contribution in [1.82, 2.24) is 4.90 Å². The average Bonchev–Trinajstić information content (AvgIpc) is 2.79. The van der Waals surface area contributed by atoms with Crippen LogP contribution in [0.25, 0.3) is 10.8 Å². The van der Waals surface area contributed by atoms with Crippen molar-refractivity contribution in [2.75, 3.05) is 13.1 Å². The van der Waals surface area contributed by atoms with Crippen LogP contribution in [0, 0.1) is 0 Å². The first-order chi connectivity index (χ1) is 9.65. The third-order valence-electron chi connectivity index (χ3n) is 3.83. The molecule has 1 fully saturated rings. The lowest BCUT2D eigenvalue weighted by molar-refractivity contribution is -0.129. The lowest BCUT2D eigenvalue weighted by atomic mass is 10.0. The zero-order valence-corrected chi connectivity index (χ0v) is 11.1. The molecule has 2 unspecified atom stereocenters. The molecule has 4 heteroatoms. The molecule has 1 heterocycles. The molecular weight excluding hydrogens is 254 g/mol. The molecule has 0 bridgehead atoms. The molecule has 104 valence electrons. The van der Waals surface area contributed by atoms with Crippen LogP contribution >= 0.6 is 0 Å². The molecule has 2 atom stereocenters. The third kappa shape index (κ3) is 2.40. The van der Waals surface area contributed by atoms with Gasteiger partial charge in [0.1, 0.15) is 0 Å². The Bertz CT molecular complexity index is 625. The van der Waals surface area contributed by atoms with E-state index in [0.29, 0.717) is 6.42 Å². The summed E-state index contributed by atoms with van der Waals surface area (Å²) in [6.45, 7) is 0.426. The monoisotopic (exact) mass is 271 g/mol. The minimum atomic E-state index is -0.827. The number of fused-ring (bicyclic) bond motifs is 1. The predicted octanol–water partition coefficient (Wildman–Crippen LogP) is 0.946. The molecule has 1 aliphatic rings. The van der Waals surface area contributed by atoms with Crippen LogP contribution in [0.1, 0.15) is 5.56 Å². The summed E-state index contributed by atoms with van der Waals surface area (Å²) in [5, 5.41) is 21.2. The smallest absolute Gasteiger partial charge is 0.227 e. The Morgan fingerprint density at radius 3 is 2.45 bits per heavy atom. The van der Waals surface area contributed by atoms with Crippen molar-refractivity contribution in [2.24, 2.45) is 0 Å². The van der Waals surface area contributed by atoms with E-state index < -0.39 is 12.2 Å². The van der Waals surface area contributed by atoms with E-state index in [9.17, 15) is 15.0 Å². The highest BCUT2D eigenvalue weighted by atomic mass is 16.3. The number of nitrogens with zero attached hydrogens (tertiary/aromatic N) is 1. The predicted molar refractivity (Wildman–Crippen MR) is 76.2 cm³/mol. The van der Waals surface area contributed by atoms with E-state index >= 15 is 0 Å². The Morgan fingerprint density at radius 1 is 1.05 bits per heavy atom. The standard InChI is InChI=1S/C16H17NO3/c18-14-9-17(10-15(14)19)16(20)8-12-6-3-5-11-4-1-2-7-13(11)12/h1-7,14-15,18-19H,8-10H2. The van der Waals surface area contributed by atoms with Gasteiger partial charge in [0.15, 0.2) is 0 Å². The largest absolute Gasteiger partial charge is 0.388 e. The van der Waals surface area contributed by atoms with Gasteiger partial charge in [-0.05, 0) is 16.3 Å². The number of carbonyl (C=O) groups excluding carboxylic acids is 1. The molecule has 1 amide bonds. The molecule has 2 aromatic carbocycles. The molecule has 0 saturated carbocycles. The molecule has 0 aromatic heterocycles. The number of benzene rings is 2. The van der Waals surface area contributed by atoms with Crippen molar-refractivity contribution in [1.29, 1.82) is 0 Å². The van der Waals surface area contributed by atoms with E-state index in [1.807, 2.05) is 42.5 Å². The van der Waals surface area contributed by atoms with Crippen LogP contribution in [0.2, 0.25) is 0 Å². The van der Waals surface area contributed by atoms with Crippen molar-refractivity contribution in [2.45, 2.75) is 18.6 Å². The average molecular weight is 271 g/mol. The summed E-state index contributed by atoms with van der Waals surface area (Å²) in [5.74, 6) is -0.0584. The van der Waals surface area contributed by atoms with Gasteiger partial charge >= 0.3 is 0 Å². The summed E-state index contributed by atoms with van der Waals surface area (Å²) >= 11 is 0. The SMILES string of the molecule is O=C(Cc1cccc2ccccc12)N1CC(O)C(O)C1. The zero-order valence-electron chi connectivity index (χ0n) is 11.1. The molecule has 2 aromatic rings. The number of aliphatic hydroxyl groups excluding tert-OH is 2. The van der Waals surface area contributed by atoms with Crippen LogP contribution in [0.5, 0.6) is 0 Å². The van der Waals surface area contributed by atoms with E-state index in [0.717, 1.165) is 16.3 Å². The van der Waals surface area contributed by atoms with E-state index in [1.165, 1.54) is 4.90 Å². The van der Waals surface area contributed by atoms with Crippen molar-refractivity contribution in [3.8, 4) is 0 Å². The molecule has 4 nitrogen and oxygen atoms in total. The zero-order chi connectivity index (χ0) is 14.1. The van der Waals surface area contributed by atoms with Gasteiger partial charge in [-0.1, -0.05) is 42.5 Å². The van der Waals surface area contributed by atoms with Crippen molar-refractivity contribution in [3.05, 3.63) is 48.0 Å². The van der Waals surface area contributed by atoms with Gasteiger partial charge in [-0.3, -0.25) is 4.79 Å². The van der Waals surface area contributed by atoms with Gasteiger partial charge in [0.05, 0.1) is 18.6 Å². The number of β-amino-alcohol motifs (C(OH)–C–C–N with tert-alkyl or cyclic N) is 2. The number of likely N-dealkylation sites (tertiary alicyclic amines) is 1. The van der Waals surface area contributed by atoms with Crippen LogP contribution in [0.4, 0.5) is 0 Å². The van der Waals surface area contributed by atoms with E-state index in [-0.39, 0.29) is 19.0 Å². The highest BCUT2D eigenvalue weighted by Crippen LogP contribution is 2.20. The van der Waals surface area contributed by atoms with Gasteiger partial charge in [0, 0.05) is 13.1 Å². The summed E-state index contributed by atoms with van der Waals surface area (Å²) in [4.78, 5) is 13.8. The van der Waals surface area contributed by atoms with Gasteiger partial charge in [0.25, 0.3) is 0 Å². The normalized spacial score (nSPS) is 22.4. The first-order valence-electron chi connectivity index (χ1n) is 6.75. The second-order valence-electron chi connectivity index (χ2n) is 5.25. The van der Waals surface area contributed by atoms with Crippen LogP contribution in [0.3, 0.4) is 0 Å². The van der Waals surface area contributed by atoms with E-state index in [4.69, 9.17) is 0 Å². The molecule has 2 N–H and O–H groups in total. The lowest BCUT2D eigenvalue weighted by Crippen LogP contribution is -2.31. The van der Waals surface area contributed by atoms with Crippen molar-refractivity contribution < 1.29 is 15.0 Å². The van der Waals surface area contributed by atoms with Gasteiger partial charge in [-0.25, -0.2) is 0 Å². The van der Waals surface area contributed by atoms with Gasteiger partial charge in [-0.15, -0.1) is 0 Å². The van der Waals surface area contributed by atoms with E-state index in [2.05, 4.69) is 0 Å². The summed E-state index contributed by atoms with van der Waals surface area (Å²) in [5.41, 5.74) is 0.976. The number of amides is 1. The molecule has 3 rings (SSSR count). The molecule has 1 aliphatic heterocycles. The maximum absolute atomic E-state index is 12.3. The number of carbonyl (C=O) groups is 1. The van der Waals surface area contributed by atoms with Gasteiger partial charge in [0.2, 0.25) is 5.91 Å². The Balaban J connectivity index is 1.81. The summed E-state index contributed by atoms with van der Waals surface area (Å²) in [6.07, 6.45) is -1.36. The Hall–Kier alpha value is -1.91. The number of aliphatic hydroxyl groups is 2. The Morgan fingerprint density at radius 2 is 1.70 bits per heavy atom. The Kier molecular flexibility index (Phi) is 3.42. The summed E-state index contributed by atoms with van der Waals surface area (Å²) < 4.78 is 0. The fourth-order valence-corrected chi connectivity index (χ4v) is 2.69. The van der Waals surface area contributed by atoms with Crippen LogP contribution in [-0.4, -0.2) is 46.3 Å². The second-order valence-corrected chi connectivity index (χ2v) is 5.25.